The first-order chi connectivity index (χ1) is 17.9. The van der Waals surface area contributed by atoms with E-state index in [0.717, 1.165) is 17.7 Å². The summed E-state index contributed by atoms with van der Waals surface area (Å²) < 4.78 is 22.2. The fraction of sp³-hybridized carbons (Fsp3) is 0.464. The van der Waals surface area contributed by atoms with Crippen LogP contribution in [0.1, 0.15) is 42.1 Å². The number of benzene rings is 2. The van der Waals surface area contributed by atoms with Crippen LogP contribution in [0, 0.1) is 5.92 Å². The molecule has 1 saturated heterocycles. The molecule has 2 aromatic rings. The van der Waals surface area contributed by atoms with Gasteiger partial charge in [-0.25, -0.2) is 0 Å². The van der Waals surface area contributed by atoms with Crippen LogP contribution < -0.4 is 14.4 Å². The zero-order chi connectivity index (χ0) is 26.2. The second-order valence-corrected chi connectivity index (χ2v) is 9.62. The minimum absolute atomic E-state index is 0.0610. The van der Waals surface area contributed by atoms with Crippen LogP contribution in [0.3, 0.4) is 0 Å². The maximum atomic E-state index is 14.2. The lowest BCUT2D eigenvalue weighted by Crippen LogP contribution is -2.62. The first-order valence-electron chi connectivity index (χ1n) is 12.7. The lowest BCUT2D eigenvalue weighted by Gasteiger charge is -2.46. The summed E-state index contributed by atoms with van der Waals surface area (Å²) in [5.74, 6) is -1.19. The molecule has 0 spiro atoms. The number of hydrogen-bond acceptors (Lipinski definition) is 7. The third-order valence-corrected chi connectivity index (χ3v) is 7.54. The molecule has 2 amide bonds. The van der Waals surface area contributed by atoms with Crippen LogP contribution in [0.25, 0.3) is 0 Å². The molecule has 3 heterocycles. The van der Waals surface area contributed by atoms with Crippen molar-refractivity contribution in [1.82, 2.24) is 4.90 Å². The Morgan fingerprint density at radius 1 is 1.11 bits per heavy atom. The molecule has 0 aliphatic carbocycles. The highest BCUT2D eigenvalue weighted by atomic mass is 16.5. The van der Waals surface area contributed by atoms with Crippen molar-refractivity contribution in [1.29, 1.82) is 0 Å². The molecule has 0 unspecified atom stereocenters. The minimum atomic E-state index is -1.30. The Labute approximate surface area is 216 Å². The standard InChI is InChI=1S/C28H32N2O7/c1-4-35-26(32)20-17-30(25(31)18-10-11-22-23(16-18)37-14-7-13-36-22)28(2)24(20)19-8-5-6-9-21(19)29(27(28)33)12-15-34-3/h5-6,8-11,16,20,24H,4,7,12-15,17H2,1-3H3/t20-,24+,28-/m0/s1. The maximum absolute atomic E-state index is 14.2. The predicted octanol–water partition coefficient (Wildman–Crippen LogP) is 3.02. The Morgan fingerprint density at radius 3 is 2.62 bits per heavy atom. The van der Waals surface area contributed by atoms with Gasteiger partial charge in [0.05, 0.1) is 32.3 Å². The number of carbonyl (C=O) groups is 3. The molecule has 196 valence electrons. The zero-order valence-corrected chi connectivity index (χ0v) is 21.4. The number of rotatable bonds is 6. The highest BCUT2D eigenvalue weighted by Gasteiger charge is 2.63. The van der Waals surface area contributed by atoms with E-state index in [1.807, 2.05) is 24.3 Å². The van der Waals surface area contributed by atoms with Crippen molar-refractivity contribution in [2.45, 2.75) is 31.7 Å². The number of hydrogen-bond donors (Lipinski definition) is 0. The van der Waals surface area contributed by atoms with Gasteiger partial charge in [-0.2, -0.15) is 0 Å². The molecule has 0 N–H and O–H groups in total. The number of para-hydroxylation sites is 1. The normalized spacial score (nSPS) is 24.2. The Hall–Kier alpha value is -3.59. The Bertz CT molecular complexity index is 1210. The van der Waals surface area contributed by atoms with Gasteiger partial charge < -0.3 is 28.7 Å². The van der Waals surface area contributed by atoms with E-state index in [-0.39, 0.29) is 25.0 Å². The summed E-state index contributed by atoms with van der Waals surface area (Å²) in [6, 6.07) is 12.6. The zero-order valence-electron chi connectivity index (χ0n) is 21.4. The van der Waals surface area contributed by atoms with E-state index in [4.69, 9.17) is 18.9 Å². The van der Waals surface area contributed by atoms with E-state index >= 15 is 0 Å². The van der Waals surface area contributed by atoms with Gasteiger partial charge in [0, 0.05) is 43.8 Å². The van der Waals surface area contributed by atoms with Crippen LogP contribution in [0.2, 0.25) is 0 Å². The smallest absolute Gasteiger partial charge is 0.311 e. The van der Waals surface area contributed by atoms with Crippen LogP contribution in [-0.4, -0.2) is 74.8 Å². The predicted molar refractivity (Wildman–Crippen MR) is 135 cm³/mol. The first-order valence-corrected chi connectivity index (χ1v) is 12.7. The van der Waals surface area contributed by atoms with Crippen molar-refractivity contribution in [3.63, 3.8) is 0 Å². The van der Waals surface area contributed by atoms with Gasteiger partial charge in [-0.05, 0) is 43.7 Å². The topological polar surface area (TPSA) is 94.6 Å². The van der Waals surface area contributed by atoms with Crippen molar-refractivity contribution in [3.05, 3.63) is 53.6 Å². The number of likely N-dealkylation sites (tertiary alicyclic amines) is 1. The lowest BCUT2D eigenvalue weighted by molar-refractivity contribution is -0.148. The molecule has 0 radical (unpaired) electrons. The van der Waals surface area contributed by atoms with Crippen LogP contribution in [-0.2, 0) is 19.1 Å². The van der Waals surface area contributed by atoms with Gasteiger partial charge >= 0.3 is 5.97 Å². The summed E-state index contributed by atoms with van der Waals surface area (Å²) in [5.41, 5.74) is 0.628. The van der Waals surface area contributed by atoms with Crippen LogP contribution in [0.4, 0.5) is 5.69 Å². The quantitative estimate of drug-likeness (QED) is 0.554. The summed E-state index contributed by atoms with van der Waals surface area (Å²) in [6.45, 7) is 5.47. The fourth-order valence-electron chi connectivity index (χ4n) is 5.81. The number of carbonyl (C=O) groups excluding carboxylic acids is 3. The summed E-state index contributed by atoms with van der Waals surface area (Å²) in [6.07, 6.45) is 0.746. The van der Waals surface area contributed by atoms with Crippen LogP contribution in [0.15, 0.2) is 42.5 Å². The second kappa shape index (κ2) is 10.0. The lowest BCUT2D eigenvalue weighted by atomic mass is 9.72. The molecule has 0 saturated carbocycles. The number of ether oxygens (including phenoxy) is 4. The van der Waals surface area contributed by atoms with Gasteiger partial charge in [-0.15, -0.1) is 0 Å². The average molecular weight is 509 g/mol. The van der Waals surface area contributed by atoms with E-state index in [1.54, 1.807) is 44.1 Å². The van der Waals surface area contributed by atoms with E-state index in [1.165, 1.54) is 4.90 Å². The molecule has 9 heteroatoms. The van der Waals surface area contributed by atoms with Crippen LogP contribution >= 0.6 is 0 Å². The SMILES string of the molecule is CCOC(=O)[C@H]1CN(C(=O)c2ccc3c(c2)OCCCO3)[C@]2(C)C(=O)N(CCOC)c3ccccc3[C@H]12. The van der Waals surface area contributed by atoms with E-state index in [2.05, 4.69) is 0 Å². The van der Waals surface area contributed by atoms with Gasteiger partial charge in [0.2, 0.25) is 0 Å². The monoisotopic (exact) mass is 508 g/mol. The third kappa shape index (κ3) is 4.11. The Kier molecular flexibility index (Phi) is 6.81. The number of fused-ring (bicyclic) bond motifs is 4. The maximum Gasteiger partial charge on any atom is 0.311 e. The first kappa shape index (κ1) is 25.1. The molecule has 1 fully saturated rings. The number of amides is 2. The van der Waals surface area contributed by atoms with Crippen molar-refractivity contribution in [3.8, 4) is 11.5 Å². The molecule has 0 aromatic heterocycles. The van der Waals surface area contributed by atoms with E-state index < -0.39 is 23.3 Å². The van der Waals surface area contributed by atoms with E-state index in [0.29, 0.717) is 43.4 Å². The summed E-state index contributed by atoms with van der Waals surface area (Å²) in [7, 11) is 1.58. The molecule has 3 atom stereocenters. The number of methoxy groups -OCH3 is 1. The number of nitrogens with zero attached hydrogens (tertiary/aromatic N) is 2. The number of anilines is 1. The van der Waals surface area contributed by atoms with Gasteiger partial charge in [-0.3, -0.25) is 14.4 Å². The molecular formula is C28H32N2O7. The summed E-state index contributed by atoms with van der Waals surface area (Å²) in [4.78, 5) is 44.7. The van der Waals surface area contributed by atoms with Gasteiger partial charge in [0.25, 0.3) is 11.8 Å². The van der Waals surface area contributed by atoms with Crippen molar-refractivity contribution >= 4 is 23.5 Å². The highest BCUT2D eigenvalue weighted by Crippen LogP contribution is 2.53. The van der Waals surface area contributed by atoms with Crippen molar-refractivity contribution < 1.29 is 33.3 Å². The molecule has 0 bridgehead atoms. The number of esters is 1. The molecule has 2 aromatic carbocycles. The van der Waals surface area contributed by atoms with Crippen molar-refractivity contribution in [2.24, 2.45) is 5.92 Å². The largest absolute Gasteiger partial charge is 0.490 e. The second-order valence-electron chi connectivity index (χ2n) is 9.62. The molecule has 3 aliphatic rings. The fourth-order valence-corrected chi connectivity index (χ4v) is 5.81. The average Bonchev–Trinajstić information content (AvgIpc) is 3.05. The van der Waals surface area contributed by atoms with E-state index in [9.17, 15) is 14.4 Å². The Morgan fingerprint density at radius 2 is 1.86 bits per heavy atom. The summed E-state index contributed by atoms with van der Waals surface area (Å²) in [5, 5.41) is 0. The van der Waals surface area contributed by atoms with Gasteiger partial charge in [-0.1, -0.05) is 18.2 Å². The van der Waals surface area contributed by atoms with Gasteiger partial charge in [0.1, 0.15) is 5.54 Å². The van der Waals surface area contributed by atoms with Crippen molar-refractivity contribution in [2.75, 3.05) is 51.5 Å². The molecular weight excluding hydrogens is 476 g/mol. The molecule has 3 aliphatic heterocycles. The third-order valence-electron chi connectivity index (χ3n) is 7.54. The summed E-state index contributed by atoms with van der Waals surface area (Å²) >= 11 is 0. The molecule has 37 heavy (non-hydrogen) atoms. The van der Waals surface area contributed by atoms with Crippen LogP contribution in [0.5, 0.6) is 11.5 Å². The molecule has 5 rings (SSSR count). The highest BCUT2D eigenvalue weighted by molar-refractivity contribution is 6.09. The van der Waals surface area contributed by atoms with Gasteiger partial charge in [0.15, 0.2) is 11.5 Å². The molecule has 9 nitrogen and oxygen atoms in total. The Balaban J connectivity index is 1.60. The minimum Gasteiger partial charge on any atom is -0.490 e.